The molecule has 0 aromatic carbocycles. The van der Waals surface area contributed by atoms with Gasteiger partial charge < -0.3 is 15.4 Å². The van der Waals surface area contributed by atoms with Gasteiger partial charge in [0, 0.05) is 23.7 Å². The molecule has 0 unspecified atom stereocenters. The number of halogens is 1. The van der Waals surface area contributed by atoms with Gasteiger partial charge in [-0.15, -0.1) is 35.3 Å². The van der Waals surface area contributed by atoms with Crippen LogP contribution in [0.4, 0.5) is 0 Å². The van der Waals surface area contributed by atoms with Gasteiger partial charge in [0.2, 0.25) is 5.88 Å². The number of nitrogens with zero attached hydrogens (tertiary/aromatic N) is 3. The first-order valence-corrected chi connectivity index (χ1v) is 9.46. The Morgan fingerprint density at radius 2 is 2.04 bits per heavy atom. The lowest BCUT2D eigenvalue weighted by Gasteiger charge is -2.11. The zero-order chi connectivity index (χ0) is 18.1. The van der Waals surface area contributed by atoms with Crippen LogP contribution in [0.25, 0.3) is 0 Å². The molecule has 0 aliphatic carbocycles. The number of hydrogen-bond donors (Lipinski definition) is 2. The molecule has 0 amide bonds. The molecule has 2 N–H and O–H groups in total. The quantitative estimate of drug-likeness (QED) is 0.335. The van der Waals surface area contributed by atoms with Gasteiger partial charge in [-0.2, -0.15) is 0 Å². The molecule has 2 heterocycles. The van der Waals surface area contributed by atoms with Crippen LogP contribution in [0.1, 0.15) is 41.4 Å². The van der Waals surface area contributed by atoms with Crippen LogP contribution in [-0.4, -0.2) is 29.1 Å². The van der Waals surface area contributed by atoms with Gasteiger partial charge in [0.25, 0.3) is 0 Å². The molecule has 8 heteroatoms. The van der Waals surface area contributed by atoms with Crippen molar-refractivity contribution in [2.45, 2.75) is 47.2 Å². The van der Waals surface area contributed by atoms with Crippen LogP contribution in [0.2, 0.25) is 0 Å². The van der Waals surface area contributed by atoms with E-state index in [1.807, 2.05) is 32.2 Å². The average Bonchev–Trinajstić information content (AvgIpc) is 2.94. The van der Waals surface area contributed by atoms with Crippen LogP contribution in [-0.2, 0) is 13.1 Å². The van der Waals surface area contributed by atoms with Crippen molar-refractivity contribution in [1.82, 2.24) is 20.6 Å². The summed E-state index contributed by atoms with van der Waals surface area (Å²) >= 11 is 1.72. The van der Waals surface area contributed by atoms with E-state index >= 15 is 0 Å². The molecule has 0 atom stereocenters. The third-order valence-electron chi connectivity index (χ3n) is 3.43. The summed E-state index contributed by atoms with van der Waals surface area (Å²) in [6.45, 7) is 11.0. The van der Waals surface area contributed by atoms with Crippen molar-refractivity contribution < 1.29 is 4.74 Å². The second-order valence-electron chi connectivity index (χ2n) is 5.64. The van der Waals surface area contributed by atoms with E-state index in [1.165, 1.54) is 4.88 Å². The Balaban J connectivity index is 0.00000338. The van der Waals surface area contributed by atoms with Crippen molar-refractivity contribution in [3.63, 3.8) is 0 Å². The standard InChI is InChI=1S/C18H27N5OS.HI/c1-5-9-24-17-8-7-15(10-20-17)11-21-18(19-6-2)22-12-16-13(3)23-14(4)25-16;/h7-8,10H,5-6,9,11-12H2,1-4H3,(H2,19,21,22);1H. The molecule has 0 aliphatic heterocycles. The monoisotopic (exact) mass is 489 g/mol. The average molecular weight is 489 g/mol. The summed E-state index contributed by atoms with van der Waals surface area (Å²) in [7, 11) is 0. The lowest BCUT2D eigenvalue weighted by atomic mass is 10.3. The Hall–Kier alpha value is -1.42. The number of thiazole rings is 1. The van der Waals surface area contributed by atoms with E-state index in [9.17, 15) is 0 Å². The first-order valence-electron chi connectivity index (χ1n) is 8.65. The third kappa shape index (κ3) is 7.45. The van der Waals surface area contributed by atoms with Crippen LogP contribution in [0.3, 0.4) is 0 Å². The number of aromatic nitrogens is 2. The van der Waals surface area contributed by atoms with Gasteiger partial charge in [-0.25, -0.2) is 15.0 Å². The van der Waals surface area contributed by atoms with Crippen molar-refractivity contribution in [3.05, 3.63) is 39.5 Å². The summed E-state index contributed by atoms with van der Waals surface area (Å²) in [5.74, 6) is 1.45. The Bertz CT molecular complexity index is 687. The Kier molecular flexibility index (Phi) is 10.5. The van der Waals surface area contributed by atoms with Crippen LogP contribution >= 0.6 is 35.3 Å². The maximum atomic E-state index is 5.50. The zero-order valence-corrected chi connectivity index (χ0v) is 19.0. The summed E-state index contributed by atoms with van der Waals surface area (Å²) in [5, 5.41) is 7.72. The van der Waals surface area contributed by atoms with E-state index in [1.54, 1.807) is 11.3 Å². The summed E-state index contributed by atoms with van der Waals surface area (Å²) in [6, 6.07) is 3.89. The van der Waals surface area contributed by atoms with Gasteiger partial charge in [-0.05, 0) is 32.8 Å². The van der Waals surface area contributed by atoms with Crippen molar-refractivity contribution in [2.75, 3.05) is 13.2 Å². The summed E-state index contributed by atoms with van der Waals surface area (Å²) in [4.78, 5) is 14.6. The molecular formula is C18H28IN5OS. The molecule has 6 nitrogen and oxygen atoms in total. The minimum Gasteiger partial charge on any atom is -0.478 e. The van der Waals surface area contributed by atoms with Crippen molar-refractivity contribution >= 4 is 41.3 Å². The van der Waals surface area contributed by atoms with E-state index in [2.05, 4.69) is 39.4 Å². The summed E-state index contributed by atoms with van der Waals surface area (Å²) < 4.78 is 5.50. The first-order chi connectivity index (χ1) is 12.1. The van der Waals surface area contributed by atoms with Gasteiger partial charge >= 0.3 is 0 Å². The molecule has 144 valence electrons. The Labute approximate surface area is 176 Å². The van der Waals surface area contributed by atoms with E-state index < -0.39 is 0 Å². The van der Waals surface area contributed by atoms with Crippen molar-refractivity contribution in [1.29, 1.82) is 0 Å². The highest BCUT2D eigenvalue weighted by Gasteiger charge is 2.06. The smallest absolute Gasteiger partial charge is 0.213 e. The number of aryl methyl sites for hydroxylation is 2. The molecule has 26 heavy (non-hydrogen) atoms. The van der Waals surface area contributed by atoms with Crippen molar-refractivity contribution in [3.8, 4) is 5.88 Å². The third-order valence-corrected chi connectivity index (χ3v) is 4.50. The van der Waals surface area contributed by atoms with E-state index in [4.69, 9.17) is 4.74 Å². The molecule has 0 saturated carbocycles. The fourth-order valence-corrected chi connectivity index (χ4v) is 3.09. The molecule has 2 rings (SSSR count). The van der Waals surface area contributed by atoms with Crippen LogP contribution < -0.4 is 15.4 Å². The number of rotatable bonds is 8. The highest BCUT2D eigenvalue weighted by Crippen LogP contribution is 2.16. The zero-order valence-electron chi connectivity index (χ0n) is 15.8. The second kappa shape index (κ2) is 12.1. The second-order valence-corrected chi connectivity index (χ2v) is 6.93. The lowest BCUT2D eigenvalue weighted by Crippen LogP contribution is -2.36. The minimum atomic E-state index is 0. The Morgan fingerprint density at radius 3 is 2.62 bits per heavy atom. The molecule has 2 aromatic heterocycles. The van der Waals surface area contributed by atoms with Crippen LogP contribution in [0, 0.1) is 13.8 Å². The van der Waals surface area contributed by atoms with Crippen molar-refractivity contribution in [2.24, 2.45) is 4.99 Å². The normalized spacial score (nSPS) is 11.0. The highest BCUT2D eigenvalue weighted by atomic mass is 127. The molecule has 0 spiro atoms. The predicted octanol–water partition coefficient (Wildman–Crippen LogP) is 3.82. The van der Waals surface area contributed by atoms with E-state index in [0.717, 1.165) is 41.7 Å². The molecule has 0 saturated heterocycles. The lowest BCUT2D eigenvalue weighted by molar-refractivity contribution is 0.305. The topological polar surface area (TPSA) is 71.4 Å². The van der Waals surface area contributed by atoms with Gasteiger partial charge in [0.05, 0.1) is 30.4 Å². The number of ether oxygens (including phenoxy) is 1. The number of guanidine groups is 1. The fourth-order valence-electron chi connectivity index (χ4n) is 2.21. The summed E-state index contributed by atoms with van der Waals surface area (Å²) in [5.41, 5.74) is 2.13. The molecular weight excluding hydrogens is 461 g/mol. The van der Waals surface area contributed by atoms with E-state index in [-0.39, 0.29) is 24.0 Å². The largest absolute Gasteiger partial charge is 0.478 e. The molecule has 0 bridgehead atoms. The number of pyridine rings is 1. The van der Waals surface area contributed by atoms with Gasteiger partial charge in [-0.1, -0.05) is 13.0 Å². The number of nitrogens with one attached hydrogen (secondary N) is 2. The van der Waals surface area contributed by atoms with Gasteiger partial charge in [-0.3, -0.25) is 0 Å². The first kappa shape index (κ1) is 22.6. The van der Waals surface area contributed by atoms with Crippen LogP contribution in [0.15, 0.2) is 23.3 Å². The van der Waals surface area contributed by atoms with Gasteiger partial charge in [0.1, 0.15) is 0 Å². The predicted molar refractivity (Wildman–Crippen MR) is 119 cm³/mol. The number of aliphatic imine (C=N–C) groups is 1. The molecule has 0 fully saturated rings. The maximum absolute atomic E-state index is 5.50. The van der Waals surface area contributed by atoms with E-state index in [0.29, 0.717) is 19.0 Å². The minimum absolute atomic E-state index is 0. The highest BCUT2D eigenvalue weighted by molar-refractivity contribution is 14.0. The van der Waals surface area contributed by atoms with Crippen LogP contribution in [0.5, 0.6) is 5.88 Å². The number of hydrogen-bond acceptors (Lipinski definition) is 5. The maximum Gasteiger partial charge on any atom is 0.213 e. The summed E-state index contributed by atoms with van der Waals surface area (Å²) in [6.07, 6.45) is 2.79. The Morgan fingerprint density at radius 1 is 1.23 bits per heavy atom. The SMILES string of the molecule is CCCOc1ccc(CN=C(NCC)NCc2sc(C)nc2C)cn1.I. The molecule has 0 radical (unpaired) electrons. The molecule has 2 aromatic rings. The van der Waals surface area contributed by atoms with Gasteiger partial charge in [0.15, 0.2) is 5.96 Å². The fraction of sp³-hybridized carbons (Fsp3) is 0.500. The molecule has 0 aliphatic rings.